The lowest BCUT2D eigenvalue weighted by atomic mass is 9.79. The summed E-state index contributed by atoms with van der Waals surface area (Å²) < 4.78 is 5.56. The van der Waals surface area contributed by atoms with E-state index in [4.69, 9.17) is 4.74 Å². The summed E-state index contributed by atoms with van der Waals surface area (Å²) in [6, 6.07) is 13.4. The fourth-order valence-electron chi connectivity index (χ4n) is 7.92. The van der Waals surface area contributed by atoms with Crippen LogP contribution < -0.4 is 5.32 Å². The van der Waals surface area contributed by atoms with Crippen molar-refractivity contribution in [2.24, 2.45) is 17.8 Å². The lowest BCUT2D eigenvalue weighted by molar-refractivity contribution is -0.143. The maximum atomic E-state index is 14.0. The van der Waals surface area contributed by atoms with Crippen molar-refractivity contribution in [3.63, 3.8) is 0 Å². The maximum Gasteiger partial charge on any atom is 0.322 e. The van der Waals surface area contributed by atoms with E-state index in [0.717, 1.165) is 93.6 Å². The average molecular weight is 617 g/mol. The molecule has 0 spiro atoms. The van der Waals surface area contributed by atoms with Gasteiger partial charge in [-0.15, -0.1) is 0 Å². The molecule has 4 heterocycles. The summed E-state index contributed by atoms with van der Waals surface area (Å²) in [5.41, 5.74) is 3.75. The number of urea groups is 1. The number of nitrogens with zero attached hydrogens (tertiary/aromatic N) is 3. The van der Waals surface area contributed by atoms with E-state index in [1.165, 1.54) is 0 Å². The molecular weight excluding hydrogens is 568 g/mol. The van der Waals surface area contributed by atoms with Crippen LogP contribution in [0.3, 0.4) is 0 Å². The number of ether oxygens (including phenoxy) is 1. The molecule has 242 valence electrons. The van der Waals surface area contributed by atoms with Gasteiger partial charge in [0.1, 0.15) is 5.75 Å². The predicted octanol–water partition coefficient (Wildman–Crippen LogP) is 5.00. The highest BCUT2D eigenvalue weighted by atomic mass is 16.5. The van der Waals surface area contributed by atoms with Crippen LogP contribution in [-0.4, -0.2) is 89.6 Å². The molecule has 4 aliphatic heterocycles. The van der Waals surface area contributed by atoms with Crippen LogP contribution in [0.4, 0.5) is 10.5 Å². The number of fused-ring (bicyclic) bond motifs is 1. The monoisotopic (exact) mass is 616 g/mol. The Morgan fingerprint density at radius 1 is 0.911 bits per heavy atom. The summed E-state index contributed by atoms with van der Waals surface area (Å²) in [6.45, 7) is 6.85. The first-order chi connectivity index (χ1) is 21.9. The lowest BCUT2D eigenvalue weighted by Gasteiger charge is -2.39. The molecule has 1 atom stereocenters. The molecule has 0 aromatic heterocycles. The van der Waals surface area contributed by atoms with Gasteiger partial charge in [0.25, 0.3) is 0 Å². The molecule has 4 amide bonds. The zero-order valence-corrected chi connectivity index (χ0v) is 26.6. The van der Waals surface area contributed by atoms with Crippen molar-refractivity contribution in [1.29, 1.82) is 0 Å². The van der Waals surface area contributed by atoms with Gasteiger partial charge in [-0.05, 0) is 98.9 Å². The summed E-state index contributed by atoms with van der Waals surface area (Å²) in [5.74, 6) is 1.18. The number of likely N-dealkylation sites (tertiary alicyclic amines) is 2. The van der Waals surface area contributed by atoms with Crippen LogP contribution in [0.5, 0.6) is 5.75 Å². The molecule has 2 N–H and O–H groups in total. The van der Waals surface area contributed by atoms with E-state index < -0.39 is 5.92 Å². The van der Waals surface area contributed by atoms with Crippen molar-refractivity contribution >= 4 is 23.5 Å². The minimum Gasteiger partial charge on any atom is -0.508 e. The molecule has 0 unspecified atom stereocenters. The number of benzene rings is 2. The Labute approximate surface area is 266 Å². The topological polar surface area (TPSA) is 102 Å². The molecule has 3 fully saturated rings. The lowest BCUT2D eigenvalue weighted by Crippen LogP contribution is -2.50. The van der Waals surface area contributed by atoms with Crippen LogP contribution in [0.25, 0.3) is 0 Å². The molecule has 0 radical (unpaired) electrons. The smallest absolute Gasteiger partial charge is 0.322 e. The Morgan fingerprint density at radius 3 is 2.33 bits per heavy atom. The van der Waals surface area contributed by atoms with Gasteiger partial charge in [0.05, 0.1) is 5.92 Å². The number of aromatic hydroxyl groups is 1. The Kier molecular flexibility index (Phi) is 9.93. The zero-order chi connectivity index (χ0) is 31.3. The molecule has 4 aliphatic rings. The van der Waals surface area contributed by atoms with Crippen molar-refractivity contribution in [2.45, 2.75) is 70.8 Å². The number of hydrogen-bond acceptors (Lipinski definition) is 5. The van der Waals surface area contributed by atoms with Crippen LogP contribution in [0.2, 0.25) is 0 Å². The summed E-state index contributed by atoms with van der Waals surface area (Å²) in [4.78, 5) is 46.6. The highest BCUT2D eigenvalue weighted by molar-refractivity contribution is 5.91. The molecule has 6 rings (SSSR count). The second kappa shape index (κ2) is 14.2. The minimum absolute atomic E-state index is 0.00659. The van der Waals surface area contributed by atoms with Crippen LogP contribution in [0.15, 0.2) is 42.5 Å². The van der Waals surface area contributed by atoms with Gasteiger partial charge < -0.3 is 29.9 Å². The van der Waals surface area contributed by atoms with Crippen LogP contribution in [-0.2, 0) is 27.2 Å². The Balaban J connectivity index is 1.07. The fourth-order valence-corrected chi connectivity index (χ4v) is 7.92. The van der Waals surface area contributed by atoms with Gasteiger partial charge in [-0.3, -0.25) is 9.59 Å². The van der Waals surface area contributed by atoms with Crippen molar-refractivity contribution in [3.8, 4) is 5.75 Å². The van der Waals surface area contributed by atoms with Crippen LogP contribution >= 0.6 is 0 Å². The average Bonchev–Trinajstić information content (AvgIpc) is 3.24. The summed E-state index contributed by atoms with van der Waals surface area (Å²) in [7, 11) is 0. The maximum absolute atomic E-state index is 14.0. The number of amides is 4. The van der Waals surface area contributed by atoms with E-state index in [2.05, 4.69) is 11.4 Å². The van der Waals surface area contributed by atoms with Crippen LogP contribution in [0, 0.1) is 24.7 Å². The molecule has 9 nitrogen and oxygen atoms in total. The Hall–Kier alpha value is -3.59. The number of para-hydroxylation sites is 1. The number of anilines is 1. The normalized spacial score (nSPS) is 21.2. The van der Waals surface area contributed by atoms with Crippen molar-refractivity contribution in [1.82, 2.24) is 14.7 Å². The number of carbonyl (C=O) groups excluding carboxylic acids is 3. The second-order valence-electron chi connectivity index (χ2n) is 13.5. The summed E-state index contributed by atoms with van der Waals surface area (Å²) in [5, 5.41) is 13.1. The highest BCUT2D eigenvalue weighted by Gasteiger charge is 2.36. The van der Waals surface area contributed by atoms with E-state index in [9.17, 15) is 19.5 Å². The number of aryl methyl sites for hydroxylation is 1. The minimum atomic E-state index is -0.450. The van der Waals surface area contributed by atoms with Gasteiger partial charge in [-0.25, -0.2) is 4.79 Å². The molecule has 45 heavy (non-hydrogen) atoms. The number of rotatable bonds is 7. The van der Waals surface area contributed by atoms with Gasteiger partial charge in [0.15, 0.2) is 0 Å². The summed E-state index contributed by atoms with van der Waals surface area (Å²) in [6.07, 6.45) is 7.15. The van der Waals surface area contributed by atoms with E-state index in [-0.39, 0.29) is 36.1 Å². The number of hydrogen-bond donors (Lipinski definition) is 2. The number of phenolic OH excluding ortho intramolecular Hbond substituents is 1. The third-order valence-corrected chi connectivity index (χ3v) is 10.7. The first kappa shape index (κ1) is 31.4. The quantitative estimate of drug-likeness (QED) is 0.456. The molecule has 9 heteroatoms. The van der Waals surface area contributed by atoms with E-state index >= 15 is 0 Å². The molecule has 0 aliphatic carbocycles. The number of nitrogens with one attached hydrogen (secondary N) is 1. The molecule has 3 saturated heterocycles. The fraction of sp³-hybridized carbons (Fsp3) is 0.583. The predicted molar refractivity (Wildman–Crippen MR) is 173 cm³/mol. The first-order valence-corrected chi connectivity index (χ1v) is 16.9. The molecule has 0 saturated carbocycles. The van der Waals surface area contributed by atoms with Gasteiger partial charge in [0.2, 0.25) is 11.8 Å². The standard InChI is InChI=1S/C36H48N4O5/c1-25-22-26(6-7-33(25)41)23-30(35(43)39-15-8-27(9-16-39)28-13-20-45-21-14-28)24-34(42)38-17-11-31(12-18-38)40-19-10-29-4-2-3-5-32(29)37-36(40)44/h2-7,22,27-28,30-31,41H,8-21,23-24H2,1H3,(H,37,44)/t30-/m0/s1. The molecule has 2 aromatic carbocycles. The third kappa shape index (κ3) is 7.46. The molecular formula is C36H48N4O5. The first-order valence-electron chi connectivity index (χ1n) is 16.9. The Bertz CT molecular complexity index is 1360. The van der Waals surface area contributed by atoms with E-state index in [0.29, 0.717) is 37.9 Å². The molecule has 0 bridgehead atoms. The highest BCUT2D eigenvalue weighted by Crippen LogP contribution is 2.33. The van der Waals surface area contributed by atoms with Gasteiger partial charge in [-0.2, -0.15) is 0 Å². The largest absolute Gasteiger partial charge is 0.508 e. The molecule has 2 aromatic rings. The van der Waals surface area contributed by atoms with E-state index in [1.54, 1.807) is 6.07 Å². The van der Waals surface area contributed by atoms with Gasteiger partial charge >= 0.3 is 6.03 Å². The number of carbonyl (C=O) groups is 3. The van der Waals surface area contributed by atoms with Crippen LogP contribution in [0.1, 0.15) is 61.6 Å². The second-order valence-corrected chi connectivity index (χ2v) is 13.5. The number of piperidine rings is 2. The van der Waals surface area contributed by atoms with Crippen molar-refractivity contribution in [3.05, 3.63) is 59.2 Å². The SMILES string of the molecule is Cc1cc(C[C@@H](CC(=O)N2CCC(N3CCc4ccccc4NC3=O)CC2)C(=O)N2CCC(C3CCOCC3)CC2)ccc1O. The Morgan fingerprint density at radius 2 is 1.60 bits per heavy atom. The van der Waals surface area contributed by atoms with Gasteiger partial charge in [-0.1, -0.05) is 30.3 Å². The van der Waals surface area contributed by atoms with Gasteiger partial charge in [0, 0.05) is 64.1 Å². The van der Waals surface area contributed by atoms with Crippen molar-refractivity contribution in [2.75, 3.05) is 51.3 Å². The zero-order valence-electron chi connectivity index (χ0n) is 26.6. The summed E-state index contributed by atoms with van der Waals surface area (Å²) >= 11 is 0. The van der Waals surface area contributed by atoms with E-state index in [1.807, 2.05) is 52.0 Å². The number of phenols is 1. The van der Waals surface area contributed by atoms with Crippen molar-refractivity contribution < 1.29 is 24.2 Å². The third-order valence-electron chi connectivity index (χ3n) is 10.7.